The van der Waals surface area contributed by atoms with Crippen LogP contribution in [-0.4, -0.2) is 31.8 Å². The molecule has 0 bridgehead atoms. The number of anilines is 1. The van der Waals surface area contributed by atoms with Gasteiger partial charge >= 0.3 is 29.6 Å². The van der Waals surface area contributed by atoms with Crippen molar-refractivity contribution in [3.8, 4) is 0 Å². The second-order valence-electron chi connectivity index (χ2n) is 7.73. The van der Waals surface area contributed by atoms with Crippen molar-refractivity contribution in [1.29, 1.82) is 0 Å². The fourth-order valence-electron chi connectivity index (χ4n) is 3.00. The number of hydrogen-bond donors (Lipinski definition) is 1. The minimum atomic E-state index is -4.01. The van der Waals surface area contributed by atoms with Crippen molar-refractivity contribution in [1.82, 2.24) is 4.31 Å². The molecule has 2 amide bonds. The molecule has 1 rings (SSSR count). The van der Waals surface area contributed by atoms with Gasteiger partial charge in [-0.1, -0.05) is 72.6 Å². The standard InChI is InChI=1S/C21H37N3O3S.Na/c1-7-9-14-24(15-10-8-2)28(26,27)23-21(25)22-20-18(16(3)4)12-11-13-19(20)17(5)6;/h11-13,16-17H,7-10,14-15H2,1-6H3,(H2,22,23,25);/q;+1/p-1. The van der Waals surface area contributed by atoms with Gasteiger partial charge in [0.1, 0.15) is 0 Å². The number of nitrogens with one attached hydrogen (secondary N) is 1. The third-order valence-corrected chi connectivity index (χ3v) is 6.07. The maximum atomic E-state index is 12.7. The van der Waals surface area contributed by atoms with Crippen LogP contribution in [0.25, 0.3) is 4.72 Å². The van der Waals surface area contributed by atoms with E-state index in [1.54, 1.807) is 0 Å². The molecule has 6 nitrogen and oxygen atoms in total. The van der Waals surface area contributed by atoms with Gasteiger partial charge in [-0.05, 0) is 41.5 Å². The number of unbranched alkanes of at least 4 members (excludes halogenated alkanes) is 2. The normalized spacial score (nSPS) is 11.6. The van der Waals surface area contributed by atoms with E-state index in [9.17, 15) is 13.2 Å². The molecule has 0 aliphatic heterocycles. The number of benzene rings is 1. The quantitative estimate of drug-likeness (QED) is 0.545. The van der Waals surface area contributed by atoms with E-state index in [2.05, 4.69) is 10.0 Å². The summed E-state index contributed by atoms with van der Waals surface area (Å²) in [5, 5.41) is 2.75. The van der Waals surface area contributed by atoms with Crippen LogP contribution in [0.5, 0.6) is 0 Å². The number of para-hydroxylation sites is 1. The minimum absolute atomic E-state index is 0. The first-order valence-electron chi connectivity index (χ1n) is 10.3. The molecule has 0 radical (unpaired) electrons. The van der Waals surface area contributed by atoms with Crippen molar-refractivity contribution >= 4 is 21.9 Å². The summed E-state index contributed by atoms with van der Waals surface area (Å²) in [6.07, 6.45) is 3.25. The van der Waals surface area contributed by atoms with Crippen LogP contribution in [0.4, 0.5) is 10.5 Å². The molecule has 0 aliphatic rings. The van der Waals surface area contributed by atoms with Crippen LogP contribution < -0.4 is 34.9 Å². The SMILES string of the molecule is CCCCN(CCCC)S(=O)(=O)[N-]C(=O)Nc1c(C(C)C)cccc1C(C)C.[Na+]. The third kappa shape index (κ3) is 8.97. The summed E-state index contributed by atoms with van der Waals surface area (Å²) in [6.45, 7) is 12.9. The zero-order valence-corrected chi connectivity index (χ0v) is 22.0. The molecule has 0 unspecified atom stereocenters. The Morgan fingerprint density at radius 3 is 1.83 bits per heavy atom. The van der Waals surface area contributed by atoms with E-state index in [4.69, 9.17) is 0 Å². The monoisotopic (exact) mass is 433 g/mol. The second kappa shape index (κ2) is 13.7. The third-order valence-electron chi connectivity index (χ3n) is 4.65. The molecule has 0 saturated carbocycles. The van der Waals surface area contributed by atoms with Crippen LogP contribution in [0, 0.1) is 0 Å². The summed E-state index contributed by atoms with van der Waals surface area (Å²) in [7, 11) is -4.01. The molecule has 1 aromatic carbocycles. The van der Waals surface area contributed by atoms with E-state index in [1.807, 2.05) is 59.7 Å². The molecule has 1 N–H and O–H groups in total. The minimum Gasteiger partial charge on any atom is -0.423 e. The number of carbonyl (C=O) groups is 1. The zero-order chi connectivity index (χ0) is 21.3. The summed E-state index contributed by atoms with van der Waals surface area (Å²) in [5.74, 6) is 0.382. The van der Waals surface area contributed by atoms with Crippen molar-refractivity contribution in [2.24, 2.45) is 0 Å². The molecule has 0 aromatic heterocycles. The molecule has 0 atom stereocenters. The molecule has 8 heteroatoms. The van der Waals surface area contributed by atoms with Gasteiger partial charge in [-0.15, -0.1) is 0 Å². The Kier molecular flexibility index (Phi) is 13.4. The molecule has 0 aliphatic carbocycles. The van der Waals surface area contributed by atoms with Gasteiger partial charge in [-0.25, -0.2) is 8.42 Å². The number of carbonyl (C=O) groups excluding carboxylic acids is 1. The Balaban J connectivity index is 0.00000784. The summed E-state index contributed by atoms with van der Waals surface area (Å²) in [5.41, 5.74) is 2.62. The van der Waals surface area contributed by atoms with Gasteiger partial charge in [0.2, 0.25) is 10.2 Å². The average Bonchev–Trinajstić information content (AvgIpc) is 2.60. The predicted octanol–water partition coefficient (Wildman–Crippen LogP) is 2.99. The van der Waals surface area contributed by atoms with Crippen LogP contribution in [0.1, 0.15) is 90.2 Å². The Bertz CT molecular complexity index is 702. The maximum absolute atomic E-state index is 12.7. The van der Waals surface area contributed by atoms with Gasteiger partial charge in [-0.2, -0.15) is 4.31 Å². The fraction of sp³-hybridized carbons (Fsp3) is 0.667. The van der Waals surface area contributed by atoms with Crippen LogP contribution in [0.15, 0.2) is 18.2 Å². The topological polar surface area (TPSA) is 80.6 Å². The first-order valence-corrected chi connectivity index (χ1v) is 11.7. The van der Waals surface area contributed by atoms with E-state index in [1.165, 1.54) is 4.31 Å². The molecule has 0 fully saturated rings. The molecule has 29 heavy (non-hydrogen) atoms. The molecule has 0 heterocycles. The number of amides is 2. The second-order valence-corrected chi connectivity index (χ2v) is 9.32. The van der Waals surface area contributed by atoms with Crippen molar-refractivity contribution in [3.63, 3.8) is 0 Å². The number of nitrogens with zero attached hydrogens (tertiary/aromatic N) is 2. The van der Waals surface area contributed by atoms with Crippen molar-refractivity contribution in [2.75, 3.05) is 18.4 Å². The first kappa shape index (κ1) is 28.4. The average molecular weight is 434 g/mol. The van der Waals surface area contributed by atoms with Crippen LogP contribution in [0.2, 0.25) is 0 Å². The van der Waals surface area contributed by atoms with Crippen molar-refractivity contribution < 1.29 is 42.8 Å². The number of rotatable bonds is 11. The van der Waals surface area contributed by atoms with Gasteiger partial charge in [0, 0.05) is 13.1 Å². The Hall–Kier alpha value is -0.600. The molecule has 0 saturated heterocycles. The van der Waals surface area contributed by atoms with E-state index in [0.717, 1.165) is 36.8 Å². The predicted molar refractivity (Wildman–Crippen MR) is 117 cm³/mol. The number of urea groups is 1. The Labute approximate surface area is 199 Å². The summed E-state index contributed by atoms with van der Waals surface area (Å²) in [4.78, 5) is 12.5. The fourth-order valence-corrected chi connectivity index (χ4v) is 4.09. The maximum Gasteiger partial charge on any atom is 1.00 e. The van der Waals surface area contributed by atoms with Gasteiger partial charge in [0.05, 0.1) is 0 Å². The summed E-state index contributed by atoms with van der Waals surface area (Å²) in [6, 6.07) is 5.03. The van der Waals surface area contributed by atoms with Crippen molar-refractivity contribution in [2.45, 2.75) is 79.1 Å². The smallest absolute Gasteiger partial charge is 0.423 e. The van der Waals surface area contributed by atoms with Gasteiger partial charge in [-0.3, -0.25) is 4.79 Å². The number of hydrogen-bond acceptors (Lipinski definition) is 3. The largest absolute Gasteiger partial charge is 1.00 e. The van der Waals surface area contributed by atoms with Crippen molar-refractivity contribution in [3.05, 3.63) is 34.0 Å². The zero-order valence-electron chi connectivity index (χ0n) is 19.2. The van der Waals surface area contributed by atoms with Gasteiger partial charge in [0.25, 0.3) is 0 Å². The van der Waals surface area contributed by atoms with Gasteiger partial charge < -0.3 is 10.0 Å². The van der Waals surface area contributed by atoms with E-state index < -0.39 is 16.2 Å². The van der Waals surface area contributed by atoms with Gasteiger partial charge in [0.15, 0.2) is 6.03 Å². The van der Waals surface area contributed by atoms with E-state index in [0.29, 0.717) is 18.8 Å². The summed E-state index contributed by atoms with van der Waals surface area (Å²) < 4.78 is 30.2. The molecular formula is C21H36N3NaO3S. The molecule has 160 valence electrons. The van der Waals surface area contributed by atoms with Crippen LogP contribution in [0.3, 0.4) is 0 Å². The molecule has 1 aromatic rings. The van der Waals surface area contributed by atoms with E-state index >= 15 is 0 Å². The van der Waals surface area contributed by atoms with Crippen LogP contribution >= 0.6 is 0 Å². The Morgan fingerprint density at radius 1 is 1.00 bits per heavy atom. The molecular weight excluding hydrogens is 397 g/mol. The first-order chi connectivity index (χ1) is 13.1. The van der Waals surface area contributed by atoms with Crippen LogP contribution in [-0.2, 0) is 10.2 Å². The van der Waals surface area contributed by atoms with E-state index in [-0.39, 0.29) is 41.4 Å². The summed E-state index contributed by atoms with van der Waals surface area (Å²) >= 11 is 0. The molecule has 0 spiro atoms. The Morgan fingerprint density at radius 2 is 1.45 bits per heavy atom.